The van der Waals surface area contributed by atoms with Crippen molar-refractivity contribution >= 4 is 46.4 Å². The molecule has 0 bridgehead atoms. The summed E-state index contributed by atoms with van der Waals surface area (Å²) in [5.41, 5.74) is 2.27. The molecule has 2 aromatic rings. The summed E-state index contributed by atoms with van der Waals surface area (Å²) in [6.07, 6.45) is 7.40. The smallest absolute Gasteiger partial charge is 0.243 e. The van der Waals surface area contributed by atoms with Gasteiger partial charge >= 0.3 is 0 Å². The van der Waals surface area contributed by atoms with E-state index in [2.05, 4.69) is 49.9 Å². The number of alkyl halides is 1. The van der Waals surface area contributed by atoms with E-state index < -0.39 is 23.5 Å². The molecule has 1 aliphatic heterocycles. The van der Waals surface area contributed by atoms with Gasteiger partial charge in [-0.1, -0.05) is 90.0 Å². The molecule has 9 heteroatoms. The van der Waals surface area contributed by atoms with Crippen LogP contribution in [-0.4, -0.2) is 55.0 Å². The predicted octanol–water partition coefficient (Wildman–Crippen LogP) is 3.28. The third-order valence-electron chi connectivity index (χ3n) is 7.28. The summed E-state index contributed by atoms with van der Waals surface area (Å²) in [6, 6.07) is 14.1. The number of hydrogen-bond acceptors (Lipinski definition) is 5. The zero-order chi connectivity index (χ0) is 27.7. The SMILES string of the molecule is C[C@@H]1NC(=O)C2(CCCC2)NCCOc2ccccc2/C=C/CNC(=O)[C@H](Cc2cccc(CI)c2)NC1=O. The van der Waals surface area contributed by atoms with Gasteiger partial charge in [0, 0.05) is 29.5 Å². The van der Waals surface area contributed by atoms with E-state index in [0.717, 1.165) is 39.7 Å². The molecular weight excluding hydrogens is 607 g/mol. The van der Waals surface area contributed by atoms with E-state index in [4.69, 9.17) is 4.74 Å². The number of rotatable bonds is 3. The van der Waals surface area contributed by atoms with Crippen molar-refractivity contribution in [3.8, 4) is 5.75 Å². The average molecular weight is 645 g/mol. The third kappa shape index (κ3) is 7.82. The van der Waals surface area contributed by atoms with Crippen LogP contribution in [0, 0.1) is 0 Å². The minimum Gasteiger partial charge on any atom is -0.492 e. The van der Waals surface area contributed by atoms with E-state index >= 15 is 0 Å². The zero-order valence-electron chi connectivity index (χ0n) is 22.3. The second-order valence-electron chi connectivity index (χ2n) is 10.2. The topological polar surface area (TPSA) is 109 Å². The zero-order valence-corrected chi connectivity index (χ0v) is 24.5. The molecule has 8 nitrogen and oxygen atoms in total. The normalized spacial score (nSPS) is 23.4. The fourth-order valence-electron chi connectivity index (χ4n) is 5.11. The Morgan fingerprint density at radius 3 is 2.54 bits per heavy atom. The Kier molecular flexibility index (Phi) is 10.4. The fraction of sp³-hybridized carbons (Fsp3) is 0.433. The lowest BCUT2D eigenvalue weighted by Gasteiger charge is -2.31. The van der Waals surface area contributed by atoms with Crippen LogP contribution in [0.3, 0.4) is 0 Å². The summed E-state index contributed by atoms with van der Waals surface area (Å²) >= 11 is 2.30. The quantitative estimate of drug-likeness (QED) is 0.303. The van der Waals surface area contributed by atoms with E-state index in [1.54, 1.807) is 6.92 Å². The summed E-state index contributed by atoms with van der Waals surface area (Å²) in [4.78, 5) is 39.9. The molecule has 1 aliphatic carbocycles. The first-order valence-corrected chi connectivity index (χ1v) is 15.1. The van der Waals surface area contributed by atoms with Crippen molar-refractivity contribution < 1.29 is 19.1 Å². The first kappa shape index (κ1) is 29.1. The Labute approximate surface area is 243 Å². The summed E-state index contributed by atoms with van der Waals surface area (Å²) in [7, 11) is 0. The summed E-state index contributed by atoms with van der Waals surface area (Å²) in [6.45, 7) is 2.85. The largest absolute Gasteiger partial charge is 0.492 e. The van der Waals surface area contributed by atoms with Crippen LogP contribution in [0.5, 0.6) is 5.75 Å². The van der Waals surface area contributed by atoms with Gasteiger partial charge in [0.05, 0.1) is 5.54 Å². The first-order chi connectivity index (χ1) is 18.9. The molecule has 208 valence electrons. The second kappa shape index (κ2) is 13.9. The van der Waals surface area contributed by atoms with Crippen molar-refractivity contribution in [1.29, 1.82) is 0 Å². The first-order valence-electron chi connectivity index (χ1n) is 13.6. The van der Waals surface area contributed by atoms with Crippen molar-refractivity contribution in [2.75, 3.05) is 19.7 Å². The monoisotopic (exact) mass is 644 g/mol. The molecule has 1 saturated carbocycles. The molecule has 2 aliphatic rings. The van der Waals surface area contributed by atoms with Crippen molar-refractivity contribution in [3.63, 3.8) is 0 Å². The maximum absolute atomic E-state index is 13.4. The lowest BCUT2D eigenvalue weighted by Crippen LogP contribution is -2.60. The Balaban J connectivity index is 1.58. The number of halogens is 1. The number of nitrogens with one attached hydrogen (secondary N) is 4. The second-order valence-corrected chi connectivity index (χ2v) is 10.9. The van der Waals surface area contributed by atoms with Crippen LogP contribution in [0.2, 0.25) is 0 Å². The summed E-state index contributed by atoms with van der Waals surface area (Å²) in [5, 5.41) is 12.1. The number of carbonyl (C=O) groups excluding carboxylic acids is 3. The van der Waals surface area contributed by atoms with Gasteiger partial charge in [0.25, 0.3) is 0 Å². The molecule has 1 spiro atoms. The number of para-hydroxylation sites is 1. The molecule has 0 aromatic heterocycles. The molecule has 2 atom stereocenters. The molecule has 39 heavy (non-hydrogen) atoms. The van der Waals surface area contributed by atoms with Gasteiger partial charge in [0.1, 0.15) is 24.4 Å². The van der Waals surface area contributed by atoms with Gasteiger partial charge in [-0.05, 0) is 37.0 Å². The Morgan fingerprint density at radius 1 is 0.974 bits per heavy atom. The number of hydrogen-bond donors (Lipinski definition) is 4. The summed E-state index contributed by atoms with van der Waals surface area (Å²) in [5.74, 6) is -0.133. The molecule has 1 heterocycles. The standard InChI is InChI=1S/C30H37IN4O4/c1-21-27(36)35-25(19-22-8-6-9-23(18-22)20-31)28(37)32-15-7-11-24-10-2-3-12-26(24)39-17-16-33-30(29(38)34-21)13-4-5-14-30/h2-3,6-12,18,21,25,33H,4-5,13-17,19-20H2,1H3,(H,32,37)(H,34,38)(H,35,36)/b11-7+/t21-,25-/m0/s1. The highest BCUT2D eigenvalue weighted by Crippen LogP contribution is 2.30. The predicted molar refractivity (Wildman–Crippen MR) is 161 cm³/mol. The van der Waals surface area contributed by atoms with Crippen LogP contribution in [0.25, 0.3) is 6.08 Å². The van der Waals surface area contributed by atoms with Crippen molar-refractivity contribution in [2.45, 2.75) is 61.1 Å². The maximum atomic E-state index is 13.4. The molecule has 0 radical (unpaired) electrons. The molecule has 3 amide bonds. The number of amides is 3. The molecule has 4 N–H and O–H groups in total. The molecule has 0 unspecified atom stereocenters. The number of carbonyl (C=O) groups is 3. The van der Waals surface area contributed by atoms with Crippen LogP contribution >= 0.6 is 22.6 Å². The number of benzene rings is 2. The van der Waals surface area contributed by atoms with Crippen LogP contribution in [0.1, 0.15) is 49.3 Å². The van der Waals surface area contributed by atoms with E-state index in [0.29, 0.717) is 39.0 Å². The molecule has 0 saturated heterocycles. The van der Waals surface area contributed by atoms with Gasteiger partial charge in [-0.3, -0.25) is 19.7 Å². The maximum Gasteiger partial charge on any atom is 0.243 e. The average Bonchev–Trinajstić information content (AvgIpc) is 3.43. The molecule has 2 aromatic carbocycles. The van der Waals surface area contributed by atoms with Gasteiger partial charge in [-0.2, -0.15) is 0 Å². The minimum absolute atomic E-state index is 0.192. The van der Waals surface area contributed by atoms with E-state index in [1.165, 1.54) is 0 Å². The Bertz CT molecular complexity index is 1190. The van der Waals surface area contributed by atoms with Gasteiger partial charge in [-0.15, -0.1) is 0 Å². The molecule has 4 rings (SSSR count). The van der Waals surface area contributed by atoms with Crippen molar-refractivity contribution in [3.05, 3.63) is 71.3 Å². The van der Waals surface area contributed by atoms with Crippen LogP contribution in [0.15, 0.2) is 54.6 Å². The van der Waals surface area contributed by atoms with Crippen LogP contribution in [0.4, 0.5) is 0 Å². The summed E-state index contributed by atoms with van der Waals surface area (Å²) < 4.78 is 6.89. The highest BCUT2D eigenvalue weighted by atomic mass is 127. The van der Waals surface area contributed by atoms with E-state index in [1.807, 2.05) is 54.6 Å². The Morgan fingerprint density at radius 2 is 1.74 bits per heavy atom. The fourth-order valence-corrected chi connectivity index (χ4v) is 5.59. The minimum atomic E-state index is -0.797. The molecule has 1 fully saturated rings. The van der Waals surface area contributed by atoms with Crippen LogP contribution < -0.4 is 26.0 Å². The number of fused-ring (bicyclic) bond motifs is 1. The van der Waals surface area contributed by atoms with Crippen molar-refractivity contribution in [2.24, 2.45) is 0 Å². The number of ether oxygens (including phenoxy) is 1. The van der Waals surface area contributed by atoms with Gasteiger partial charge in [-0.25, -0.2) is 0 Å². The lowest BCUT2D eigenvalue weighted by molar-refractivity contribution is -0.134. The van der Waals surface area contributed by atoms with Crippen molar-refractivity contribution in [1.82, 2.24) is 21.3 Å². The molecular formula is C30H37IN4O4. The van der Waals surface area contributed by atoms with Crippen LogP contribution in [-0.2, 0) is 25.2 Å². The lowest BCUT2D eigenvalue weighted by atomic mass is 9.95. The van der Waals surface area contributed by atoms with Gasteiger partial charge in [0.15, 0.2) is 0 Å². The highest BCUT2D eigenvalue weighted by molar-refractivity contribution is 14.1. The highest BCUT2D eigenvalue weighted by Gasteiger charge is 2.41. The third-order valence-corrected chi connectivity index (χ3v) is 8.17. The van der Waals surface area contributed by atoms with Gasteiger partial charge < -0.3 is 20.7 Å². The van der Waals surface area contributed by atoms with E-state index in [-0.39, 0.29) is 11.8 Å². The van der Waals surface area contributed by atoms with E-state index in [9.17, 15) is 14.4 Å². The Hall–Kier alpha value is -2.92. The van der Waals surface area contributed by atoms with Gasteiger partial charge in [0.2, 0.25) is 17.7 Å².